The van der Waals surface area contributed by atoms with Crippen molar-refractivity contribution in [3.05, 3.63) is 59.4 Å². The number of nitrogens with zero attached hydrogens (tertiary/aromatic N) is 2. The van der Waals surface area contributed by atoms with Gasteiger partial charge < -0.3 is 10.2 Å². The number of amides is 2. The summed E-state index contributed by atoms with van der Waals surface area (Å²) in [6.07, 6.45) is -8.81. The number of anilines is 1. The molecule has 2 amide bonds. The van der Waals surface area contributed by atoms with Gasteiger partial charge in [0.25, 0.3) is 11.8 Å². The lowest BCUT2D eigenvalue weighted by Crippen LogP contribution is -2.45. The second-order valence-corrected chi connectivity index (χ2v) is 8.03. The SMILES string of the molecule is O=C(NC1CONC1=O)c1ccc(N2CCC(c3cccc(C(F)(F)F)c3)(C(F)(F)F)C2)cn1. The maximum Gasteiger partial charge on any atom is 0.416 e. The van der Waals surface area contributed by atoms with Crippen LogP contribution in [0.25, 0.3) is 0 Å². The van der Waals surface area contributed by atoms with E-state index < -0.39 is 59.7 Å². The van der Waals surface area contributed by atoms with Crippen molar-refractivity contribution in [2.24, 2.45) is 0 Å². The van der Waals surface area contributed by atoms with Crippen LogP contribution < -0.4 is 15.7 Å². The van der Waals surface area contributed by atoms with E-state index in [1.54, 1.807) is 0 Å². The molecule has 0 saturated carbocycles. The number of hydroxylamine groups is 1. The molecule has 1 aromatic heterocycles. The van der Waals surface area contributed by atoms with Gasteiger partial charge in [-0.15, -0.1) is 0 Å². The largest absolute Gasteiger partial charge is 0.416 e. The summed E-state index contributed by atoms with van der Waals surface area (Å²) < 4.78 is 81.9. The highest BCUT2D eigenvalue weighted by Crippen LogP contribution is 2.49. The molecular weight excluding hydrogens is 470 g/mol. The average Bonchev–Trinajstić information content (AvgIpc) is 3.41. The summed E-state index contributed by atoms with van der Waals surface area (Å²) in [6, 6.07) is 5.09. The number of nitrogens with one attached hydrogen (secondary N) is 2. The fourth-order valence-corrected chi connectivity index (χ4v) is 4.04. The third-order valence-electron chi connectivity index (χ3n) is 5.94. The lowest BCUT2D eigenvalue weighted by molar-refractivity contribution is -0.184. The third-order valence-corrected chi connectivity index (χ3v) is 5.94. The van der Waals surface area contributed by atoms with E-state index in [1.807, 2.05) is 0 Å². The molecule has 2 saturated heterocycles. The van der Waals surface area contributed by atoms with Crippen molar-refractivity contribution < 1.29 is 40.8 Å². The fraction of sp³-hybridized carbons (Fsp3) is 0.381. The van der Waals surface area contributed by atoms with Crippen LogP contribution in [0.4, 0.5) is 32.0 Å². The van der Waals surface area contributed by atoms with Crippen LogP contribution in [0.1, 0.15) is 28.0 Å². The molecule has 13 heteroatoms. The number of hydrogen-bond acceptors (Lipinski definition) is 5. The van der Waals surface area contributed by atoms with Gasteiger partial charge >= 0.3 is 12.4 Å². The van der Waals surface area contributed by atoms with E-state index >= 15 is 0 Å². The Morgan fingerprint density at radius 1 is 1.18 bits per heavy atom. The number of halogens is 6. The van der Waals surface area contributed by atoms with Gasteiger partial charge in [0, 0.05) is 13.1 Å². The Kier molecular flexibility index (Phi) is 5.92. The van der Waals surface area contributed by atoms with Gasteiger partial charge in [0.15, 0.2) is 0 Å². The Hall–Kier alpha value is -3.35. The molecule has 7 nitrogen and oxygen atoms in total. The lowest BCUT2D eigenvalue weighted by atomic mass is 9.78. The van der Waals surface area contributed by atoms with Gasteiger partial charge in [0.1, 0.15) is 23.8 Å². The van der Waals surface area contributed by atoms with Gasteiger partial charge in [-0.3, -0.25) is 14.4 Å². The quantitative estimate of drug-likeness (QED) is 0.647. The normalized spacial score (nSPS) is 23.2. The molecule has 1 aromatic carbocycles. The minimum atomic E-state index is -4.80. The van der Waals surface area contributed by atoms with E-state index in [0.29, 0.717) is 6.07 Å². The molecule has 3 heterocycles. The Labute approximate surface area is 189 Å². The molecule has 2 unspecified atom stereocenters. The third kappa shape index (κ3) is 4.39. The van der Waals surface area contributed by atoms with E-state index in [2.05, 4.69) is 15.8 Å². The van der Waals surface area contributed by atoms with Gasteiger partial charge in [0.2, 0.25) is 0 Å². The van der Waals surface area contributed by atoms with Crippen LogP contribution in [0.2, 0.25) is 0 Å². The number of carbonyl (C=O) groups is 2. The molecule has 4 rings (SSSR count). The smallest absolute Gasteiger partial charge is 0.369 e. The number of benzene rings is 1. The van der Waals surface area contributed by atoms with E-state index in [9.17, 15) is 35.9 Å². The van der Waals surface area contributed by atoms with E-state index in [1.165, 1.54) is 23.2 Å². The van der Waals surface area contributed by atoms with Crippen LogP contribution in [0, 0.1) is 0 Å². The van der Waals surface area contributed by atoms with Crippen molar-refractivity contribution in [2.75, 3.05) is 24.6 Å². The van der Waals surface area contributed by atoms with E-state index in [0.717, 1.165) is 18.2 Å². The van der Waals surface area contributed by atoms with Crippen LogP contribution >= 0.6 is 0 Å². The number of rotatable bonds is 4. The first-order chi connectivity index (χ1) is 15.9. The first-order valence-corrected chi connectivity index (χ1v) is 10.1. The molecule has 2 N–H and O–H groups in total. The number of hydrogen-bond donors (Lipinski definition) is 2. The van der Waals surface area contributed by atoms with Crippen molar-refractivity contribution in [3.8, 4) is 0 Å². The molecule has 2 aliphatic rings. The highest BCUT2D eigenvalue weighted by atomic mass is 19.4. The molecule has 2 fully saturated rings. The maximum absolute atomic E-state index is 14.2. The monoisotopic (exact) mass is 488 g/mol. The van der Waals surface area contributed by atoms with Gasteiger partial charge in [-0.05, 0) is 30.2 Å². The summed E-state index contributed by atoms with van der Waals surface area (Å²) in [5.74, 6) is -1.20. The highest BCUT2D eigenvalue weighted by molar-refractivity contribution is 5.96. The molecule has 0 aliphatic carbocycles. The summed E-state index contributed by atoms with van der Waals surface area (Å²) >= 11 is 0. The van der Waals surface area contributed by atoms with Crippen molar-refractivity contribution in [1.29, 1.82) is 0 Å². The van der Waals surface area contributed by atoms with Gasteiger partial charge in [-0.25, -0.2) is 10.5 Å². The Morgan fingerprint density at radius 3 is 2.53 bits per heavy atom. The Balaban J connectivity index is 1.54. The van der Waals surface area contributed by atoms with E-state index in [-0.39, 0.29) is 24.5 Å². The maximum atomic E-state index is 14.2. The molecule has 2 aliphatic heterocycles. The summed E-state index contributed by atoms with van der Waals surface area (Å²) in [7, 11) is 0. The molecule has 0 spiro atoms. The van der Waals surface area contributed by atoms with Gasteiger partial charge in [-0.1, -0.05) is 18.2 Å². The second kappa shape index (κ2) is 8.46. The summed E-state index contributed by atoms with van der Waals surface area (Å²) in [6.45, 7) is -0.751. The summed E-state index contributed by atoms with van der Waals surface area (Å²) in [5, 5.41) is 2.41. The highest BCUT2D eigenvalue weighted by Gasteiger charge is 2.59. The van der Waals surface area contributed by atoms with E-state index in [4.69, 9.17) is 4.84 Å². The summed E-state index contributed by atoms with van der Waals surface area (Å²) in [4.78, 5) is 33.8. The van der Waals surface area contributed by atoms with Crippen LogP contribution in [0.3, 0.4) is 0 Å². The number of pyridine rings is 1. The minimum absolute atomic E-state index is 0.0640. The number of carbonyl (C=O) groups excluding carboxylic acids is 2. The van der Waals surface area contributed by atoms with Crippen LogP contribution in [0.15, 0.2) is 42.6 Å². The predicted molar refractivity (Wildman–Crippen MR) is 106 cm³/mol. The molecule has 34 heavy (non-hydrogen) atoms. The Morgan fingerprint density at radius 2 is 1.94 bits per heavy atom. The second-order valence-electron chi connectivity index (χ2n) is 8.03. The molecule has 0 bridgehead atoms. The zero-order valence-electron chi connectivity index (χ0n) is 17.3. The standard InChI is InChI=1S/C21H18F6N4O3/c22-20(23,24)13-3-1-2-12(8-13)19(21(25,26)27)6-7-31(11-19)14-4-5-15(28-9-14)17(32)29-16-10-34-30-18(16)33/h1-5,8-9,16H,6-7,10-11H2,(H,29,32)(H,30,33). The van der Waals surface area contributed by atoms with Crippen molar-refractivity contribution >= 4 is 17.5 Å². The van der Waals surface area contributed by atoms with Crippen LogP contribution in [0.5, 0.6) is 0 Å². The van der Waals surface area contributed by atoms with Gasteiger partial charge in [0.05, 0.1) is 17.4 Å². The number of aromatic nitrogens is 1. The van der Waals surface area contributed by atoms with Crippen LogP contribution in [-0.4, -0.2) is 48.7 Å². The van der Waals surface area contributed by atoms with Crippen molar-refractivity contribution in [3.63, 3.8) is 0 Å². The molecule has 2 aromatic rings. The zero-order valence-corrected chi connectivity index (χ0v) is 17.3. The fourth-order valence-electron chi connectivity index (χ4n) is 4.04. The molecule has 182 valence electrons. The molecular formula is C21H18F6N4O3. The number of alkyl halides is 6. The zero-order chi connectivity index (χ0) is 24.7. The minimum Gasteiger partial charge on any atom is -0.369 e. The molecule has 0 radical (unpaired) electrons. The first-order valence-electron chi connectivity index (χ1n) is 10.1. The summed E-state index contributed by atoms with van der Waals surface area (Å²) in [5.41, 5.74) is -1.82. The van der Waals surface area contributed by atoms with Gasteiger partial charge in [-0.2, -0.15) is 26.3 Å². The first kappa shape index (κ1) is 23.8. The average molecular weight is 488 g/mol. The van der Waals surface area contributed by atoms with Crippen LogP contribution in [-0.2, 0) is 21.2 Å². The lowest BCUT2D eigenvalue weighted by Gasteiger charge is -2.33. The van der Waals surface area contributed by atoms with Crippen molar-refractivity contribution in [2.45, 2.75) is 30.2 Å². The van der Waals surface area contributed by atoms with Crippen molar-refractivity contribution in [1.82, 2.24) is 15.8 Å². The molecule has 2 atom stereocenters. The Bertz CT molecular complexity index is 1090. The topological polar surface area (TPSA) is 83.6 Å². The predicted octanol–water partition coefficient (Wildman–Crippen LogP) is 2.97.